The summed E-state index contributed by atoms with van der Waals surface area (Å²) in [5.41, 5.74) is 2.97. The van der Waals surface area contributed by atoms with E-state index in [4.69, 9.17) is 0 Å². The topological polar surface area (TPSA) is 44.4 Å². The molecule has 1 aromatic carbocycles. The number of nitrogens with zero attached hydrogens (tertiary/aromatic N) is 1. The molecule has 24 heavy (non-hydrogen) atoms. The molecule has 1 amide bonds. The van der Waals surface area contributed by atoms with Gasteiger partial charge in [0.25, 0.3) is 5.91 Å². The molecule has 0 aromatic heterocycles. The number of benzene rings is 1. The number of amides is 1. The number of carbonyl (C=O) groups excluding carboxylic acids is 1. The second-order valence-corrected chi connectivity index (χ2v) is 7.45. The summed E-state index contributed by atoms with van der Waals surface area (Å²) in [6.07, 6.45) is 2.18. The zero-order valence-corrected chi connectivity index (χ0v) is 15.9. The summed E-state index contributed by atoms with van der Waals surface area (Å²) in [5.74, 6) is 1.42. The van der Waals surface area contributed by atoms with Gasteiger partial charge in [0.15, 0.2) is 0 Å². The van der Waals surface area contributed by atoms with Crippen LogP contribution in [0.5, 0.6) is 0 Å². The third-order valence-corrected chi connectivity index (χ3v) is 5.34. The maximum Gasteiger partial charge on any atom is 0.254 e. The number of nitrogens with one attached hydrogen (secondary N) is 2. The van der Waals surface area contributed by atoms with Crippen LogP contribution in [0.1, 0.15) is 49.5 Å². The normalized spacial score (nSPS) is 17.2. The molecule has 4 heteroatoms. The number of anilines is 1. The molecule has 1 aliphatic rings. The predicted octanol–water partition coefficient (Wildman–Crippen LogP) is 3.52. The zero-order chi connectivity index (χ0) is 17.7. The Morgan fingerprint density at radius 3 is 2.50 bits per heavy atom. The lowest BCUT2D eigenvalue weighted by Gasteiger charge is -2.32. The van der Waals surface area contributed by atoms with Gasteiger partial charge in [0, 0.05) is 30.4 Å². The first kappa shape index (κ1) is 18.8. The summed E-state index contributed by atoms with van der Waals surface area (Å²) < 4.78 is 0. The lowest BCUT2D eigenvalue weighted by molar-refractivity contribution is 0.0690. The second-order valence-electron chi connectivity index (χ2n) is 7.45. The molecule has 1 saturated heterocycles. The van der Waals surface area contributed by atoms with Crippen LogP contribution < -0.4 is 10.6 Å². The molecular weight excluding hydrogens is 298 g/mol. The fourth-order valence-corrected chi connectivity index (χ4v) is 3.23. The third kappa shape index (κ3) is 4.50. The monoisotopic (exact) mass is 331 g/mol. The van der Waals surface area contributed by atoms with E-state index in [0.717, 1.165) is 49.3 Å². The van der Waals surface area contributed by atoms with Crippen LogP contribution in [0.15, 0.2) is 18.2 Å². The van der Waals surface area contributed by atoms with Crippen LogP contribution in [0.25, 0.3) is 0 Å². The Balaban J connectivity index is 2.07. The Hall–Kier alpha value is -1.55. The van der Waals surface area contributed by atoms with Crippen LogP contribution in [0.2, 0.25) is 0 Å². The largest absolute Gasteiger partial charge is 0.382 e. The van der Waals surface area contributed by atoms with Crippen molar-refractivity contribution in [3.63, 3.8) is 0 Å². The van der Waals surface area contributed by atoms with E-state index < -0.39 is 0 Å². The molecule has 1 aliphatic heterocycles. The van der Waals surface area contributed by atoms with E-state index in [-0.39, 0.29) is 5.91 Å². The summed E-state index contributed by atoms with van der Waals surface area (Å²) in [7, 11) is 2.00. The SMILES string of the molecule is CNCC1CCN(C(=O)c2cccc(NC(C)C(C)C)c2C)CC1. The molecule has 0 bridgehead atoms. The highest BCUT2D eigenvalue weighted by Gasteiger charge is 2.24. The fraction of sp³-hybridized carbons (Fsp3) is 0.650. The quantitative estimate of drug-likeness (QED) is 0.838. The van der Waals surface area contributed by atoms with Gasteiger partial charge in [0.05, 0.1) is 0 Å². The molecular formula is C20H33N3O. The Bertz CT molecular complexity index is 548. The molecule has 1 unspecified atom stereocenters. The van der Waals surface area contributed by atoms with Gasteiger partial charge in [-0.2, -0.15) is 0 Å². The number of piperidine rings is 1. The second kappa shape index (κ2) is 8.52. The summed E-state index contributed by atoms with van der Waals surface area (Å²) in [4.78, 5) is 15.0. The van der Waals surface area contributed by atoms with E-state index in [1.54, 1.807) is 0 Å². The molecule has 2 rings (SSSR count). The molecule has 1 atom stereocenters. The molecule has 0 saturated carbocycles. The van der Waals surface area contributed by atoms with Crippen molar-refractivity contribution in [1.82, 2.24) is 10.2 Å². The van der Waals surface area contributed by atoms with Crippen molar-refractivity contribution in [3.8, 4) is 0 Å². The molecule has 1 heterocycles. The predicted molar refractivity (Wildman–Crippen MR) is 102 cm³/mol. The number of hydrogen-bond donors (Lipinski definition) is 2. The smallest absolute Gasteiger partial charge is 0.254 e. The average molecular weight is 332 g/mol. The van der Waals surface area contributed by atoms with Gasteiger partial charge >= 0.3 is 0 Å². The Morgan fingerprint density at radius 2 is 1.92 bits per heavy atom. The maximum absolute atomic E-state index is 12.9. The van der Waals surface area contributed by atoms with E-state index >= 15 is 0 Å². The van der Waals surface area contributed by atoms with Crippen LogP contribution >= 0.6 is 0 Å². The standard InChI is InChI=1S/C20H33N3O/c1-14(2)16(4)22-19-8-6-7-18(15(19)3)20(24)23-11-9-17(10-12-23)13-21-5/h6-8,14,16-17,21-22H,9-13H2,1-5H3. The highest BCUT2D eigenvalue weighted by molar-refractivity contribution is 5.97. The molecule has 1 aromatic rings. The van der Waals surface area contributed by atoms with Crippen molar-refractivity contribution in [2.24, 2.45) is 11.8 Å². The first-order valence-electron chi connectivity index (χ1n) is 9.24. The highest BCUT2D eigenvalue weighted by Crippen LogP contribution is 2.24. The minimum Gasteiger partial charge on any atom is -0.382 e. The van der Waals surface area contributed by atoms with E-state index in [9.17, 15) is 4.79 Å². The van der Waals surface area contributed by atoms with Gasteiger partial charge in [0.2, 0.25) is 0 Å². The molecule has 0 spiro atoms. The van der Waals surface area contributed by atoms with Crippen molar-refractivity contribution in [1.29, 1.82) is 0 Å². The van der Waals surface area contributed by atoms with E-state index in [2.05, 4.69) is 44.4 Å². The summed E-state index contributed by atoms with van der Waals surface area (Å²) >= 11 is 0. The number of likely N-dealkylation sites (tertiary alicyclic amines) is 1. The molecule has 4 nitrogen and oxygen atoms in total. The van der Waals surface area contributed by atoms with Gasteiger partial charge in [-0.15, -0.1) is 0 Å². The minimum atomic E-state index is 0.177. The van der Waals surface area contributed by atoms with Crippen LogP contribution in [-0.2, 0) is 0 Å². The molecule has 0 radical (unpaired) electrons. The number of rotatable bonds is 6. The van der Waals surface area contributed by atoms with Crippen molar-refractivity contribution in [2.45, 2.75) is 46.6 Å². The van der Waals surface area contributed by atoms with Gasteiger partial charge in [0.1, 0.15) is 0 Å². The molecule has 134 valence electrons. The van der Waals surface area contributed by atoms with Gasteiger partial charge in [-0.3, -0.25) is 4.79 Å². The number of hydrogen-bond acceptors (Lipinski definition) is 3. The molecule has 1 fully saturated rings. The summed E-state index contributed by atoms with van der Waals surface area (Å²) in [6.45, 7) is 11.4. The van der Waals surface area contributed by atoms with Gasteiger partial charge in [-0.05, 0) is 69.8 Å². The van der Waals surface area contributed by atoms with Crippen LogP contribution in [0, 0.1) is 18.8 Å². The molecule has 0 aliphatic carbocycles. The Morgan fingerprint density at radius 1 is 1.25 bits per heavy atom. The first-order valence-corrected chi connectivity index (χ1v) is 9.24. The minimum absolute atomic E-state index is 0.177. The third-order valence-electron chi connectivity index (χ3n) is 5.34. The summed E-state index contributed by atoms with van der Waals surface area (Å²) in [5, 5.41) is 6.80. The molecule has 2 N–H and O–H groups in total. The maximum atomic E-state index is 12.9. The van der Waals surface area contributed by atoms with Crippen LogP contribution in [0.3, 0.4) is 0 Å². The average Bonchev–Trinajstić information content (AvgIpc) is 2.57. The van der Waals surface area contributed by atoms with Crippen molar-refractivity contribution >= 4 is 11.6 Å². The Kier molecular flexibility index (Phi) is 6.67. The summed E-state index contributed by atoms with van der Waals surface area (Å²) in [6, 6.07) is 6.40. The lowest BCUT2D eigenvalue weighted by atomic mass is 9.95. The highest BCUT2D eigenvalue weighted by atomic mass is 16.2. The van der Waals surface area contributed by atoms with Crippen molar-refractivity contribution in [3.05, 3.63) is 29.3 Å². The van der Waals surface area contributed by atoms with Crippen LogP contribution in [0.4, 0.5) is 5.69 Å². The van der Waals surface area contributed by atoms with Crippen molar-refractivity contribution < 1.29 is 4.79 Å². The van der Waals surface area contributed by atoms with Crippen molar-refractivity contribution in [2.75, 3.05) is 32.0 Å². The Labute approximate surface area is 147 Å². The van der Waals surface area contributed by atoms with Gasteiger partial charge in [-0.1, -0.05) is 19.9 Å². The van der Waals surface area contributed by atoms with Gasteiger partial charge < -0.3 is 15.5 Å². The zero-order valence-electron chi connectivity index (χ0n) is 15.9. The number of carbonyl (C=O) groups is 1. The fourth-order valence-electron chi connectivity index (χ4n) is 3.23. The van der Waals surface area contributed by atoms with Crippen LogP contribution in [-0.4, -0.2) is 43.5 Å². The van der Waals surface area contributed by atoms with E-state index in [1.165, 1.54) is 0 Å². The van der Waals surface area contributed by atoms with Gasteiger partial charge in [-0.25, -0.2) is 0 Å². The lowest BCUT2D eigenvalue weighted by Crippen LogP contribution is -2.40. The van der Waals surface area contributed by atoms with E-state index in [0.29, 0.717) is 17.9 Å². The van der Waals surface area contributed by atoms with E-state index in [1.807, 2.05) is 24.1 Å². The first-order chi connectivity index (χ1) is 11.4.